The van der Waals surface area contributed by atoms with Gasteiger partial charge in [0.2, 0.25) is 5.91 Å². The van der Waals surface area contributed by atoms with Crippen LogP contribution in [0.2, 0.25) is 5.02 Å². The highest BCUT2D eigenvalue weighted by molar-refractivity contribution is 6.34. The van der Waals surface area contributed by atoms with Gasteiger partial charge in [0.25, 0.3) is 5.91 Å². The molecule has 1 aliphatic rings. The normalized spacial score (nSPS) is 13.6. The molecule has 6 nitrogen and oxygen atoms in total. The van der Waals surface area contributed by atoms with Gasteiger partial charge in [-0.25, -0.2) is 0 Å². The van der Waals surface area contributed by atoms with Crippen LogP contribution in [-0.4, -0.2) is 31.0 Å². The zero-order valence-electron chi connectivity index (χ0n) is 20.3. The standard InChI is InChI=1S/C29H32ClN3O3/c30-27-16-13-24(19-26(27)29(35)33-23-9-5-2-6-10-23)32-28(34)20-31-22-11-14-25(15-12-22)36-18-17-21-7-3-1-4-8-21/h1,3-4,7-8,11-16,19,23,31H,2,5-6,9-10,17-18,20H2,(H,32,34)(H,33,35). The van der Waals surface area contributed by atoms with E-state index in [0.717, 1.165) is 43.5 Å². The van der Waals surface area contributed by atoms with Crippen LogP contribution in [0.3, 0.4) is 0 Å². The first-order valence-corrected chi connectivity index (χ1v) is 12.9. The van der Waals surface area contributed by atoms with Crippen molar-refractivity contribution in [1.82, 2.24) is 5.32 Å². The summed E-state index contributed by atoms with van der Waals surface area (Å²) in [5.74, 6) is 0.354. The summed E-state index contributed by atoms with van der Waals surface area (Å²) in [7, 11) is 0. The number of carbonyl (C=O) groups excluding carboxylic acids is 2. The molecule has 3 aromatic rings. The van der Waals surface area contributed by atoms with Gasteiger partial charge in [-0.05, 0) is 60.9 Å². The first-order chi connectivity index (χ1) is 17.6. The number of hydrogen-bond donors (Lipinski definition) is 3. The van der Waals surface area contributed by atoms with Crippen LogP contribution in [0.5, 0.6) is 5.75 Å². The van der Waals surface area contributed by atoms with Gasteiger partial charge in [0.1, 0.15) is 5.75 Å². The van der Waals surface area contributed by atoms with E-state index in [1.165, 1.54) is 12.0 Å². The number of benzene rings is 3. The highest BCUT2D eigenvalue weighted by Crippen LogP contribution is 2.23. The topological polar surface area (TPSA) is 79.5 Å². The Balaban J connectivity index is 1.23. The predicted octanol–water partition coefficient (Wildman–Crippen LogP) is 6.07. The molecular formula is C29H32ClN3O3. The number of nitrogens with one attached hydrogen (secondary N) is 3. The Labute approximate surface area is 217 Å². The first-order valence-electron chi connectivity index (χ1n) is 12.5. The average Bonchev–Trinajstić information content (AvgIpc) is 2.90. The zero-order valence-corrected chi connectivity index (χ0v) is 21.0. The van der Waals surface area contributed by atoms with Gasteiger partial charge in [-0.3, -0.25) is 9.59 Å². The van der Waals surface area contributed by atoms with Crippen LogP contribution >= 0.6 is 11.6 Å². The van der Waals surface area contributed by atoms with Gasteiger partial charge in [0.15, 0.2) is 0 Å². The van der Waals surface area contributed by atoms with Crippen LogP contribution in [0.15, 0.2) is 72.8 Å². The molecule has 1 aliphatic carbocycles. The molecule has 0 atom stereocenters. The lowest BCUT2D eigenvalue weighted by atomic mass is 9.95. The molecule has 188 valence electrons. The minimum atomic E-state index is -0.223. The molecule has 7 heteroatoms. The fourth-order valence-electron chi connectivity index (χ4n) is 4.28. The highest BCUT2D eigenvalue weighted by Gasteiger charge is 2.19. The summed E-state index contributed by atoms with van der Waals surface area (Å²) < 4.78 is 5.81. The van der Waals surface area contributed by atoms with Gasteiger partial charge < -0.3 is 20.7 Å². The molecule has 0 aromatic heterocycles. The minimum absolute atomic E-state index is 0.0838. The SMILES string of the molecule is O=C(CNc1ccc(OCCc2ccccc2)cc1)Nc1ccc(Cl)c(C(=O)NC2CCCCC2)c1. The molecule has 2 amide bonds. The third kappa shape index (κ3) is 7.75. The number of halogens is 1. The van der Waals surface area contributed by atoms with E-state index in [1.54, 1.807) is 18.2 Å². The maximum Gasteiger partial charge on any atom is 0.253 e. The summed E-state index contributed by atoms with van der Waals surface area (Å²) >= 11 is 6.27. The molecule has 3 aromatic carbocycles. The number of carbonyl (C=O) groups is 2. The number of amides is 2. The summed E-state index contributed by atoms with van der Waals surface area (Å²) in [6.07, 6.45) is 6.31. The van der Waals surface area contributed by atoms with Gasteiger partial charge in [0.05, 0.1) is 23.7 Å². The van der Waals surface area contributed by atoms with Crippen LogP contribution in [0.4, 0.5) is 11.4 Å². The molecule has 0 aliphatic heterocycles. The van der Waals surface area contributed by atoms with Crippen molar-refractivity contribution in [2.75, 3.05) is 23.8 Å². The van der Waals surface area contributed by atoms with Crippen LogP contribution in [0.1, 0.15) is 48.0 Å². The van der Waals surface area contributed by atoms with Gasteiger partial charge in [-0.2, -0.15) is 0 Å². The summed E-state index contributed by atoms with van der Waals surface area (Å²) in [4.78, 5) is 25.2. The molecule has 4 rings (SSSR count). The second kappa shape index (κ2) is 13.0. The molecule has 0 radical (unpaired) electrons. The molecule has 0 unspecified atom stereocenters. The third-order valence-electron chi connectivity index (χ3n) is 6.24. The Morgan fingerprint density at radius 2 is 1.61 bits per heavy atom. The molecule has 1 saturated carbocycles. The Kier molecular flexibility index (Phi) is 9.22. The Morgan fingerprint density at radius 3 is 2.36 bits per heavy atom. The molecule has 3 N–H and O–H groups in total. The Bertz CT molecular complexity index is 1150. The van der Waals surface area contributed by atoms with Gasteiger partial charge >= 0.3 is 0 Å². The maximum atomic E-state index is 12.7. The first kappa shape index (κ1) is 25.6. The summed E-state index contributed by atoms with van der Waals surface area (Å²) in [6, 6.07) is 22.9. The lowest BCUT2D eigenvalue weighted by molar-refractivity contribution is -0.114. The van der Waals surface area contributed by atoms with E-state index in [2.05, 4.69) is 28.1 Å². The van der Waals surface area contributed by atoms with E-state index in [0.29, 0.717) is 22.9 Å². The minimum Gasteiger partial charge on any atom is -0.493 e. The average molecular weight is 506 g/mol. The fraction of sp³-hybridized carbons (Fsp3) is 0.310. The van der Waals surface area contributed by atoms with Gasteiger partial charge in [-0.1, -0.05) is 61.2 Å². The summed E-state index contributed by atoms with van der Waals surface area (Å²) in [6.45, 7) is 0.682. The summed E-state index contributed by atoms with van der Waals surface area (Å²) in [5.41, 5.74) is 2.95. The van der Waals surface area contributed by atoms with Crippen molar-refractivity contribution in [2.45, 2.75) is 44.6 Å². The fourth-order valence-corrected chi connectivity index (χ4v) is 4.48. The van der Waals surface area contributed by atoms with Crippen molar-refractivity contribution in [3.8, 4) is 5.75 Å². The van der Waals surface area contributed by atoms with Crippen LogP contribution in [0, 0.1) is 0 Å². The van der Waals surface area contributed by atoms with Crippen molar-refractivity contribution in [1.29, 1.82) is 0 Å². The van der Waals surface area contributed by atoms with E-state index >= 15 is 0 Å². The number of ether oxygens (including phenoxy) is 1. The van der Waals surface area contributed by atoms with Crippen molar-refractivity contribution in [2.24, 2.45) is 0 Å². The lowest BCUT2D eigenvalue weighted by Gasteiger charge is -2.23. The number of rotatable bonds is 10. The van der Waals surface area contributed by atoms with Crippen molar-refractivity contribution in [3.63, 3.8) is 0 Å². The van der Waals surface area contributed by atoms with Gasteiger partial charge in [0, 0.05) is 23.8 Å². The van der Waals surface area contributed by atoms with Crippen LogP contribution in [0.25, 0.3) is 0 Å². The largest absolute Gasteiger partial charge is 0.493 e. The van der Waals surface area contributed by atoms with Gasteiger partial charge in [-0.15, -0.1) is 0 Å². The van der Waals surface area contributed by atoms with E-state index in [1.807, 2.05) is 42.5 Å². The second-order valence-corrected chi connectivity index (χ2v) is 9.42. The Morgan fingerprint density at radius 1 is 0.889 bits per heavy atom. The van der Waals surface area contributed by atoms with E-state index in [4.69, 9.17) is 16.3 Å². The smallest absolute Gasteiger partial charge is 0.253 e. The molecule has 1 fully saturated rings. The monoisotopic (exact) mass is 505 g/mol. The van der Waals surface area contributed by atoms with E-state index in [9.17, 15) is 9.59 Å². The molecule has 0 saturated heterocycles. The molecule has 36 heavy (non-hydrogen) atoms. The lowest BCUT2D eigenvalue weighted by Crippen LogP contribution is -2.36. The van der Waals surface area contributed by atoms with Crippen molar-refractivity contribution >= 4 is 34.8 Å². The highest BCUT2D eigenvalue weighted by atomic mass is 35.5. The molecular weight excluding hydrogens is 474 g/mol. The molecule has 0 bridgehead atoms. The molecule has 0 spiro atoms. The van der Waals surface area contributed by atoms with E-state index in [-0.39, 0.29) is 24.4 Å². The molecule has 0 heterocycles. The maximum absolute atomic E-state index is 12.7. The quantitative estimate of drug-likeness (QED) is 0.312. The van der Waals surface area contributed by atoms with Crippen LogP contribution in [-0.2, 0) is 11.2 Å². The predicted molar refractivity (Wildman–Crippen MR) is 145 cm³/mol. The van der Waals surface area contributed by atoms with Crippen molar-refractivity contribution in [3.05, 3.63) is 88.9 Å². The van der Waals surface area contributed by atoms with Crippen LogP contribution < -0.4 is 20.7 Å². The summed E-state index contributed by atoms with van der Waals surface area (Å²) in [5, 5.41) is 9.37. The Hall–Kier alpha value is -3.51. The number of anilines is 2. The third-order valence-corrected chi connectivity index (χ3v) is 6.57. The van der Waals surface area contributed by atoms with Crippen molar-refractivity contribution < 1.29 is 14.3 Å². The number of hydrogen-bond acceptors (Lipinski definition) is 4. The zero-order chi connectivity index (χ0) is 25.2. The second-order valence-electron chi connectivity index (χ2n) is 9.01. The van der Waals surface area contributed by atoms with E-state index < -0.39 is 0 Å².